The molecule has 156 valence electrons. The average Bonchev–Trinajstić information content (AvgIpc) is 3.25. The Morgan fingerprint density at radius 2 is 2.00 bits per heavy atom. The van der Waals surface area contributed by atoms with Crippen LogP contribution in [0.3, 0.4) is 0 Å². The lowest BCUT2D eigenvalue weighted by atomic mass is 10.1. The Morgan fingerprint density at radius 3 is 2.70 bits per heavy atom. The van der Waals surface area contributed by atoms with Crippen LogP contribution < -0.4 is 10.3 Å². The molecule has 0 unspecified atom stereocenters. The van der Waals surface area contributed by atoms with Crippen molar-refractivity contribution in [2.75, 3.05) is 20.2 Å². The Hall–Kier alpha value is -3.04. The summed E-state index contributed by atoms with van der Waals surface area (Å²) in [7, 11) is -2.10. The normalized spacial score (nSPS) is 17.2. The monoisotopic (exact) mass is 426 g/mol. The third-order valence-corrected chi connectivity index (χ3v) is 7.09. The van der Waals surface area contributed by atoms with E-state index in [4.69, 9.17) is 4.74 Å². The molecule has 2 aromatic heterocycles. The highest BCUT2D eigenvalue weighted by Crippen LogP contribution is 2.31. The molecule has 3 aromatic rings. The number of rotatable bonds is 5. The van der Waals surface area contributed by atoms with Gasteiger partial charge in [0, 0.05) is 31.3 Å². The molecule has 0 spiro atoms. The first-order chi connectivity index (χ1) is 14.4. The first-order valence-electron chi connectivity index (χ1n) is 9.56. The summed E-state index contributed by atoms with van der Waals surface area (Å²) in [4.78, 5) is 24.0. The van der Waals surface area contributed by atoms with E-state index < -0.39 is 10.0 Å². The number of pyridine rings is 1. The average molecular weight is 426 g/mol. The number of benzene rings is 1. The number of aromatic nitrogens is 3. The summed E-state index contributed by atoms with van der Waals surface area (Å²) in [6.07, 6.45) is 2.21. The van der Waals surface area contributed by atoms with Gasteiger partial charge in [-0.05, 0) is 49.2 Å². The van der Waals surface area contributed by atoms with Crippen LogP contribution in [0.25, 0.3) is 11.4 Å². The van der Waals surface area contributed by atoms with Crippen molar-refractivity contribution in [1.29, 1.82) is 0 Å². The molecule has 3 heterocycles. The van der Waals surface area contributed by atoms with Crippen molar-refractivity contribution >= 4 is 10.0 Å². The Bertz CT molecular complexity index is 1230. The largest absolute Gasteiger partial charge is 0.496 e. The molecule has 1 saturated heterocycles. The van der Waals surface area contributed by atoms with E-state index in [1.165, 1.54) is 10.4 Å². The maximum atomic E-state index is 13.1. The standard InChI is InChI=1S/C21H22N4O4S/c1-14-11-16(6-7-19(14)29-2)30(27,28)25-10-8-15(13-25)21-23-18(12-20(26)24-21)17-5-3-4-9-22-17/h3-7,9,11-12,15H,8,10,13H2,1-2H3,(H,23,24,26)/t15-/m0/s1. The van der Waals surface area contributed by atoms with Crippen LogP contribution in [0.5, 0.6) is 5.75 Å². The van der Waals surface area contributed by atoms with Crippen LogP contribution in [-0.2, 0) is 10.0 Å². The Labute approximate surface area is 174 Å². The third-order valence-electron chi connectivity index (χ3n) is 5.23. The van der Waals surface area contributed by atoms with E-state index in [1.807, 2.05) is 13.0 Å². The topological polar surface area (TPSA) is 105 Å². The van der Waals surface area contributed by atoms with Gasteiger partial charge >= 0.3 is 0 Å². The van der Waals surface area contributed by atoms with Crippen LogP contribution in [0.4, 0.5) is 0 Å². The molecule has 0 bridgehead atoms. The number of sulfonamides is 1. The Balaban J connectivity index is 1.60. The lowest BCUT2D eigenvalue weighted by Crippen LogP contribution is -2.29. The summed E-state index contributed by atoms with van der Waals surface area (Å²) in [5, 5.41) is 0. The highest BCUT2D eigenvalue weighted by Gasteiger charge is 2.34. The van der Waals surface area contributed by atoms with E-state index in [9.17, 15) is 13.2 Å². The fraction of sp³-hybridized carbons (Fsp3) is 0.286. The minimum absolute atomic E-state index is 0.199. The predicted molar refractivity (Wildman–Crippen MR) is 112 cm³/mol. The second-order valence-electron chi connectivity index (χ2n) is 7.21. The van der Waals surface area contributed by atoms with Crippen molar-refractivity contribution in [3.05, 3.63) is 70.4 Å². The van der Waals surface area contributed by atoms with Crippen molar-refractivity contribution in [2.24, 2.45) is 0 Å². The van der Waals surface area contributed by atoms with Gasteiger partial charge in [-0.15, -0.1) is 0 Å². The molecule has 9 heteroatoms. The van der Waals surface area contributed by atoms with Crippen molar-refractivity contribution in [1.82, 2.24) is 19.3 Å². The molecule has 1 atom stereocenters. The van der Waals surface area contributed by atoms with Crippen molar-refractivity contribution in [3.8, 4) is 17.1 Å². The highest BCUT2D eigenvalue weighted by atomic mass is 32.2. The predicted octanol–water partition coefficient (Wildman–Crippen LogP) is 2.33. The minimum atomic E-state index is -3.65. The molecule has 1 N–H and O–H groups in total. The number of ether oxygens (including phenoxy) is 1. The lowest BCUT2D eigenvalue weighted by molar-refractivity contribution is 0.411. The number of methoxy groups -OCH3 is 1. The molecule has 0 saturated carbocycles. The molecule has 4 rings (SSSR count). The van der Waals surface area contributed by atoms with Gasteiger partial charge in [0.1, 0.15) is 11.6 Å². The maximum absolute atomic E-state index is 13.1. The van der Waals surface area contributed by atoms with E-state index in [0.29, 0.717) is 35.9 Å². The van der Waals surface area contributed by atoms with Gasteiger partial charge in [-0.2, -0.15) is 4.31 Å². The van der Waals surface area contributed by atoms with Crippen LogP contribution >= 0.6 is 0 Å². The number of aromatic amines is 1. The smallest absolute Gasteiger partial charge is 0.251 e. The van der Waals surface area contributed by atoms with Gasteiger partial charge in [0.2, 0.25) is 10.0 Å². The van der Waals surface area contributed by atoms with Crippen LogP contribution in [-0.4, -0.2) is 47.9 Å². The first-order valence-corrected chi connectivity index (χ1v) is 11.0. The summed E-state index contributed by atoms with van der Waals surface area (Å²) in [6.45, 7) is 2.42. The van der Waals surface area contributed by atoms with Gasteiger partial charge in [0.15, 0.2) is 0 Å². The maximum Gasteiger partial charge on any atom is 0.251 e. The van der Waals surface area contributed by atoms with Gasteiger partial charge in [0.05, 0.1) is 23.4 Å². The molecule has 30 heavy (non-hydrogen) atoms. The molecule has 1 fully saturated rings. The van der Waals surface area contributed by atoms with Crippen molar-refractivity contribution in [2.45, 2.75) is 24.2 Å². The lowest BCUT2D eigenvalue weighted by Gasteiger charge is -2.17. The molecule has 0 amide bonds. The van der Waals surface area contributed by atoms with Gasteiger partial charge in [-0.25, -0.2) is 13.4 Å². The summed E-state index contributed by atoms with van der Waals surface area (Å²) in [5.41, 5.74) is 1.54. The molecule has 0 radical (unpaired) electrons. The van der Waals surface area contributed by atoms with E-state index in [-0.39, 0.29) is 22.9 Å². The molecule has 0 aliphatic carbocycles. The van der Waals surface area contributed by atoms with Crippen LogP contribution in [0.2, 0.25) is 0 Å². The fourth-order valence-electron chi connectivity index (χ4n) is 3.65. The van der Waals surface area contributed by atoms with Gasteiger partial charge in [0.25, 0.3) is 5.56 Å². The van der Waals surface area contributed by atoms with Gasteiger partial charge in [-0.3, -0.25) is 9.78 Å². The van der Waals surface area contributed by atoms with Gasteiger partial charge in [-0.1, -0.05) is 6.07 Å². The minimum Gasteiger partial charge on any atom is -0.496 e. The summed E-state index contributed by atoms with van der Waals surface area (Å²) in [5.74, 6) is 0.920. The second kappa shape index (κ2) is 8.00. The molecular formula is C21H22N4O4S. The number of hydrogen-bond acceptors (Lipinski definition) is 6. The zero-order chi connectivity index (χ0) is 21.3. The quantitative estimate of drug-likeness (QED) is 0.671. The van der Waals surface area contributed by atoms with E-state index in [2.05, 4.69) is 15.0 Å². The SMILES string of the molecule is COc1ccc(S(=O)(=O)N2CC[C@H](c3nc(-c4ccccn4)cc(=O)[nH]3)C2)cc1C. The number of nitrogens with one attached hydrogen (secondary N) is 1. The summed E-state index contributed by atoms with van der Waals surface area (Å²) in [6, 6.07) is 11.6. The molecule has 1 aromatic carbocycles. The van der Waals surface area contributed by atoms with Crippen LogP contribution in [0.1, 0.15) is 23.7 Å². The number of H-pyrrole nitrogens is 1. The van der Waals surface area contributed by atoms with E-state index in [0.717, 1.165) is 5.56 Å². The second-order valence-corrected chi connectivity index (χ2v) is 9.15. The molecule has 1 aliphatic rings. The molecule has 1 aliphatic heterocycles. The van der Waals surface area contributed by atoms with Crippen molar-refractivity contribution < 1.29 is 13.2 Å². The Kier molecular flexibility index (Phi) is 5.40. The summed E-state index contributed by atoms with van der Waals surface area (Å²) < 4.78 is 32.9. The first kappa shape index (κ1) is 20.2. The number of nitrogens with zero attached hydrogens (tertiary/aromatic N) is 3. The number of hydrogen-bond donors (Lipinski definition) is 1. The van der Waals surface area contributed by atoms with E-state index >= 15 is 0 Å². The zero-order valence-corrected chi connectivity index (χ0v) is 17.5. The fourth-order valence-corrected chi connectivity index (χ4v) is 5.23. The summed E-state index contributed by atoms with van der Waals surface area (Å²) >= 11 is 0. The van der Waals surface area contributed by atoms with Crippen molar-refractivity contribution in [3.63, 3.8) is 0 Å². The molecule has 8 nitrogen and oxygen atoms in total. The van der Waals surface area contributed by atoms with E-state index in [1.54, 1.807) is 43.6 Å². The van der Waals surface area contributed by atoms with Crippen LogP contribution in [0.15, 0.2) is 58.4 Å². The molecular weight excluding hydrogens is 404 g/mol. The van der Waals surface area contributed by atoms with Crippen LogP contribution in [0, 0.1) is 6.92 Å². The third kappa shape index (κ3) is 3.86. The zero-order valence-electron chi connectivity index (χ0n) is 16.7. The van der Waals surface area contributed by atoms with Gasteiger partial charge < -0.3 is 9.72 Å². The number of aryl methyl sites for hydroxylation is 1. The highest BCUT2D eigenvalue weighted by molar-refractivity contribution is 7.89. The Morgan fingerprint density at radius 1 is 1.17 bits per heavy atom.